The summed E-state index contributed by atoms with van der Waals surface area (Å²) in [5.74, 6) is -0.334. The highest BCUT2D eigenvalue weighted by molar-refractivity contribution is 6.02. The lowest BCUT2D eigenvalue weighted by Gasteiger charge is -2.09. The van der Waals surface area contributed by atoms with Gasteiger partial charge in [-0.25, -0.2) is 14.4 Å². The van der Waals surface area contributed by atoms with Crippen LogP contribution in [0.1, 0.15) is 16.1 Å². The molecule has 5 nitrogen and oxygen atoms in total. The average Bonchev–Trinajstić information content (AvgIpc) is 2.57. The van der Waals surface area contributed by atoms with E-state index < -0.39 is 11.7 Å². The van der Waals surface area contributed by atoms with Crippen molar-refractivity contribution >= 4 is 23.1 Å². The second kappa shape index (κ2) is 6.87. The third-order valence-electron chi connectivity index (χ3n) is 3.37. The van der Waals surface area contributed by atoms with Gasteiger partial charge in [0, 0.05) is 11.4 Å². The molecule has 3 aromatic rings. The molecule has 6 heteroatoms. The predicted molar refractivity (Wildman–Crippen MR) is 90.8 cm³/mol. The van der Waals surface area contributed by atoms with Crippen molar-refractivity contribution < 1.29 is 9.18 Å². The molecule has 1 amide bonds. The van der Waals surface area contributed by atoms with Gasteiger partial charge in [-0.05, 0) is 36.8 Å². The zero-order chi connectivity index (χ0) is 16.9. The van der Waals surface area contributed by atoms with E-state index in [4.69, 9.17) is 0 Å². The third-order valence-corrected chi connectivity index (χ3v) is 3.37. The van der Waals surface area contributed by atoms with E-state index >= 15 is 0 Å². The van der Waals surface area contributed by atoms with Gasteiger partial charge in [-0.2, -0.15) is 0 Å². The van der Waals surface area contributed by atoms with Crippen LogP contribution in [0.5, 0.6) is 0 Å². The molecule has 0 aliphatic heterocycles. The number of nitrogens with one attached hydrogen (secondary N) is 2. The Hall–Kier alpha value is -3.28. The van der Waals surface area contributed by atoms with E-state index in [1.807, 2.05) is 31.2 Å². The Morgan fingerprint density at radius 3 is 2.58 bits per heavy atom. The number of carbonyl (C=O) groups excluding carboxylic acids is 1. The minimum atomic E-state index is -0.449. The fourth-order valence-corrected chi connectivity index (χ4v) is 2.12. The number of halogens is 1. The molecule has 2 aromatic carbocycles. The maximum atomic E-state index is 13.1. The molecule has 0 aliphatic rings. The number of anilines is 3. The van der Waals surface area contributed by atoms with E-state index in [1.54, 1.807) is 6.07 Å². The fourth-order valence-electron chi connectivity index (χ4n) is 2.12. The predicted octanol–water partition coefficient (Wildman–Crippen LogP) is 3.92. The molecule has 0 unspecified atom stereocenters. The first kappa shape index (κ1) is 15.6. The summed E-state index contributed by atoms with van der Waals surface area (Å²) in [5, 5.41) is 5.72. The SMILES string of the molecule is Cc1ccccc1Nc1cnc(C(=O)Nc2cccc(F)c2)cn1. The Kier molecular flexibility index (Phi) is 4.47. The highest BCUT2D eigenvalue weighted by Gasteiger charge is 2.09. The van der Waals surface area contributed by atoms with Crippen LogP contribution in [-0.4, -0.2) is 15.9 Å². The lowest BCUT2D eigenvalue weighted by Crippen LogP contribution is -2.14. The smallest absolute Gasteiger partial charge is 0.275 e. The van der Waals surface area contributed by atoms with Gasteiger partial charge in [0.05, 0.1) is 12.4 Å². The third kappa shape index (κ3) is 3.73. The van der Waals surface area contributed by atoms with Crippen LogP contribution in [-0.2, 0) is 0 Å². The summed E-state index contributed by atoms with van der Waals surface area (Å²) in [7, 11) is 0. The topological polar surface area (TPSA) is 66.9 Å². The van der Waals surface area contributed by atoms with E-state index in [9.17, 15) is 9.18 Å². The highest BCUT2D eigenvalue weighted by atomic mass is 19.1. The number of nitrogens with zero attached hydrogens (tertiary/aromatic N) is 2. The number of hydrogen-bond acceptors (Lipinski definition) is 4. The van der Waals surface area contributed by atoms with Crippen molar-refractivity contribution in [2.45, 2.75) is 6.92 Å². The van der Waals surface area contributed by atoms with Crippen LogP contribution in [0.15, 0.2) is 60.9 Å². The Balaban J connectivity index is 1.70. The summed E-state index contributed by atoms with van der Waals surface area (Å²) in [4.78, 5) is 20.4. The highest BCUT2D eigenvalue weighted by Crippen LogP contribution is 2.18. The van der Waals surface area contributed by atoms with Gasteiger partial charge in [-0.1, -0.05) is 24.3 Å². The van der Waals surface area contributed by atoms with E-state index in [0.29, 0.717) is 11.5 Å². The van der Waals surface area contributed by atoms with Crippen molar-refractivity contribution in [2.24, 2.45) is 0 Å². The molecule has 3 rings (SSSR count). The molecular weight excluding hydrogens is 307 g/mol. The molecule has 1 heterocycles. The molecule has 0 atom stereocenters. The van der Waals surface area contributed by atoms with Crippen LogP contribution in [0.2, 0.25) is 0 Å². The molecule has 24 heavy (non-hydrogen) atoms. The zero-order valence-corrected chi connectivity index (χ0v) is 13.0. The molecule has 2 N–H and O–H groups in total. The molecule has 0 bridgehead atoms. The number of aryl methyl sites for hydroxylation is 1. The molecule has 0 aliphatic carbocycles. The van der Waals surface area contributed by atoms with Gasteiger partial charge in [0.1, 0.15) is 17.3 Å². The summed E-state index contributed by atoms with van der Waals surface area (Å²) in [6, 6.07) is 13.4. The second-order valence-electron chi connectivity index (χ2n) is 5.19. The number of carbonyl (C=O) groups is 1. The molecule has 0 saturated heterocycles. The number of hydrogen-bond donors (Lipinski definition) is 2. The van der Waals surface area contributed by atoms with Gasteiger partial charge in [-0.15, -0.1) is 0 Å². The summed E-state index contributed by atoms with van der Waals surface area (Å²) in [6.45, 7) is 1.98. The average molecular weight is 322 g/mol. The van der Waals surface area contributed by atoms with Crippen LogP contribution < -0.4 is 10.6 Å². The van der Waals surface area contributed by atoms with E-state index in [-0.39, 0.29) is 5.69 Å². The Morgan fingerprint density at radius 1 is 1.04 bits per heavy atom. The number of amides is 1. The van der Waals surface area contributed by atoms with Gasteiger partial charge >= 0.3 is 0 Å². The van der Waals surface area contributed by atoms with Crippen molar-refractivity contribution in [1.29, 1.82) is 0 Å². The second-order valence-corrected chi connectivity index (χ2v) is 5.19. The number of benzene rings is 2. The van der Waals surface area contributed by atoms with Crippen molar-refractivity contribution in [2.75, 3.05) is 10.6 Å². The molecule has 0 spiro atoms. The van der Waals surface area contributed by atoms with E-state index in [0.717, 1.165) is 11.3 Å². The number of para-hydroxylation sites is 1. The summed E-state index contributed by atoms with van der Waals surface area (Å²) >= 11 is 0. The van der Waals surface area contributed by atoms with Crippen LogP contribution in [0, 0.1) is 12.7 Å². The molecule has 1 aromatic heterocycles. The van der Waals surface area contributed by atoms with Crippen molar-refractivity contribution in [3.63, 3.8) is 0 Å². The van der Waals surface area contributed by atoms with Crippen LogP contribution in [0.4, 0.5) is 21.6 Å². The van der Waals surface area contributed by atoms with Crippen LogP contribution in [0.3, 0.4) is 0 Å². The first-order valence-corrected chi connectivity index (χ1v) is 7.33. The van der Waals surface area contributed by atoms with Gasteiger partial charge in [0.2, 0.25) is 0 Å². The molecule has 0 radical (unpaired) electrons. The number of aromatic nitrogens is 2. The van der Waals surface area contributed by atoms with Gasteiger partial charge in [-0.3, -0.25) is 4.79 Å². The Bertz CT molecular complexity index is 865. The minimum Gasteiger partial charge on any atom is -0.339 e. The minimum absolute atomic E-state index is 0.148. The maximum absolute atomic E-state index is 13.1. The van der Waals surface area contributed by atoms with Gasteiger partial charge < -0.3 is 10.6 Å². The summed E-state index contributed by atoms with van der Waals surface area (Å²) < 4.78 is 13.1. The van der Waals surface area contributed by atoms with Gasteiger partial charge in [0.25, 0.3) is 5.91 Å². The van der Waals surface area contributed by atoms with Crippen molar-refractivity contribution in [1.82, 2.24) is 9.97 Å². The lowest BCUT2D eigenvalue weighted by atomic mass is 10.2. The lowest BCUT2D eigenvalue weighted by molar-refractivity contribution is 0.102. The molecule has 0 fully saturated rings. The Labute approximate surface area is 138 Å². The van der Waals surface area contributed by atoms with Crippen molar-refractivity contribution in [3.8, 4) is 0 Å². The molecule has 0 saturated carbocycles. The normalized spacial score (nSPS) is 10.2. The monoisotopic (exact) mass is 322 g/mol. The first-order valence-electron chi connectivity index (χ1n) is 7.33. The van der Waals surface area contributed by atoms with E-state index in [1.165, 1.54) is 30.6 Å². The summed E-state index contributed by atoms with van der Waals surface area (Å²) in [5.41, 5.74) is 2.51. The van der Waals surface area contributed by atoms with Gasteiger partial charge in [0.15, 0.2) is 0 Å². The molecule has 120 valence electrons. The standard InChI is InChI=1S/C18H15FN4O/c1-12-5-2-3-8-15(12)23-17-11-20-16(10-21-17)18(24)22-14-7-4-6-13(19)9-14/h2-11H,1H3,(H,21,23)(H,22,24). The fraction of sp³-hybridized carbons (Fsp3) is 0.0556. The maximum Gasteiger partial charge on any atom is 0.275 e. The summed E-state index contributed by atoms with van der Waals surface area (Å²) in [6.07, 6.45) is 2.85. The van der Waals surface area contributed by atoms with Crippen molar-refractivity contribution in [3.05, 3.63) is 78.0 Å². The van der Waals surface area contributed by atoms with E-state index in [2.05, 4.69) is 20.6 Å². The zero-order valence-electron chi connectivity index (χ0n) is 13.0. The largest absolute Gasteiger partial charge is 0.339 e. The van der Waals surface area contributed by atoms with Crippen LogP contribution >= 0.6 is 0 Å². The van der Waals surface area contributed by atoms with Crippen LogP contribution in [0.25, 0.3) is 0 Å². The molecular formula is C18H15FN4O. The quantitative estimate of drug-likeness (QED) is 0.764. The first-order chi connectivity index (χ1) is 11.6. The Morgan fingerprint density at radius 2 is 1.88 bits per heavy atom. The number of rotatable bonds is 4.